The molecule has 2 aromatic rings. The van der Waals surface area contributed by atoms with E-state index in [1.165, 1.54) is 5.56 Å². The average Bonchev–Trinajstić information content (AvgIpc) is 2.50. The molecular weight excluding hydrogens is 260 g/mol. The van der Waals surface area contributed by atoms with E-state index in [1.807, 2.05) is 63.4 Å². The summed E-state index contributed by atoms with van der Waals surface area (Å²) in [4.78, 5) is 14.2. The van der Waals surface area contributed by atoms with Crippen LogP contribution in [0.5, 0.6) is 0 Å². The van der Waals surface area contributed by atoms with Crippen LogP contribution in [0.1, 0.15) is 32.6 Å². The molecule has 110 valence electrons. The van der Waals surface area contributed by atoms with Crippen LogP contribution >= 0.6 is 0 Å². The molecular formula is C18H22N2O. The molecule has 0 aliphatic heterocycles. The van der Waals surface area contributed by atoms with Gasteiger partial charge in [-0.15, -0.1) is 0 Å². The molecule has 1 amide bonds. The van der Waals surface area contributed by atoms with Gasteiger partial charge in [0.2, 0.25) is 0 Å². The first-order valence-corrected chi connectivity index (χ1v) is 7.12. The minimum Gasteiger partial charge on any atom is -0.337 e. The van der Waals surface area contributed by atoms with E-state index < -0.39 is 0 Å². The second-order valence-corrected chi connectivity index (χ2v) is 5.48. The molecule has 0 aliphatic rings. The highest BCUT2D eigenvalue weighted by Crippen LogP contribution is 2.13. The number of nitrogens with zero attached hydrogens (tertiary/aromatic N) is 1. The zero-order valence-corrected chi connectivity index (χ0v) is 12.9. The summed E-state index contributed by atoms with van der Waals surface area (Å²) in [6.07, 6.45) is 0. The first-order chi connectivity index (χ1) is 10.0. The van der Waals surface area contributed by atoms with Gasteiger partial charge in [0.25, 0.3) is 5.91 Å². The number of benzene rings is 2. The molecule has 0 saturated heterocycles. The molecule has 21 heavy (non-hydrogen) atoms. The predicted molar refractivity (Wildman–Crippen MR) is 86.0 cm³/mol. The molecule has 0 heterocycles. The van der Waals surface area contributed by atoms with Crippen LogP contribution in [0.15, 0.2) is 42.5 Å². The van der Waals surface area contributed by atoms with Gasteiger partial charge in [0.1, 0.15) is 0 Å². The lowest BCUT2D eigenvalue weighted by Crippen LogP contribution is -2.26. The topological polar surface area (TPSA) is 46.3 Å². The smallest absolute Gasteiger partial charge is 0.253 e. The molecule has 3 nitrogen and oxygen atoms in total. The number of nitrogens with two attached hydrogens (primary N) is 1. The molecule has 0 atom stereocenters. The zero-order valence-electron chi connectivity index (χ0n) is 12.9. The molecule has 0 aromatic heterocycles. The predicted octanol–water partition coefficient (Wildman–Crippen LogP) is 3.03. The molecule has 0 bridgehead atoms. The Bertz CT molecular complexity index is 632. The molecule has 0 fully saturated rings. The van der Waals surface area contributed by atoms with Crippen molar-refractivity contribution in [3.05, 3.63) is 70.3 Å². The van der Waals surface area contributed by atoms with Gasteiger partial charge in [-0.05, 0) is 48.2 Å². The number of amides is 1. The third-order valence-electron chi connectivity index (χ3n) is 3.78. The first kappa shape index (κ1) is 15.3. The van der Waals surface area contributed by atoms with Crippen molar-refractivity contribution in [2.45, 2.75) is 26.9 Å². The number of carbonyl (C=O) groups is 1. The van der Waals surface area contributed by atoms with Crippen molar-refractivity contribution in [1.29, 1.82) is 0 Å². The summed E-state index contributed by atoms with van der Waals surface area (Å²) in [5.41, 5.74) is 10.9. The van der Waals surface area contributed by atoms with Crippen molar-refractivity contribution in [2.75, 3.05) is 7.05 Å². The van der Waals surface area contributed by atoms with Gasteiger partial charge in [-0.3, -0.25) is 4.79 Å². The fraction of sp³-hybridized carbons (Fsp3) is 0.278. The van der Waals surface area contributed by atoms with Gasteiger partial charge in [-0.1, -0.05) is 30.3 Å². The van der Waals surface area contributed by atoms with E-state index in [4.69, 9.17) is 5.73 Å². The molecule has 2 aromatic carbocycles. The van der Waals surface area contributed by atoms with E-state index >= 15 is 0 Å². The zero-order chi connectivity index (χ0) is 15.4. The first-order valence-electron chi connectivity index (χ1n) is 7.12. The Morgan fingerprint density at radius 1 is 1.00 bits per heavy atom. The van der Waals surface area contributed by atoms with Crippen LogP contribution in [0.25, 0.3) is 0 Å². The number of carbonyl (C=O) groups excluding carboxylic acids is 1. The van der Waals surface area contributed by atoms with E-state index in [0.717, 1.165) is 22.3 Å². The van der Waals surface area contributed by atoms with Gasteiger partial charge in [0.05, 0.1) is 0 Å². The summed E-state index contributed by atoms with van der Waals surface area (Å²) < 4.78 is 0. The van der Waals surface area contributed by atoms with Crippen molar-refractivity contribution >= 4 is 5.91 Å². The SMILES string of the molecule is Cc1ccc(C(=O)N(C)Cc2ccc(CN)cc2)cc1C. The Kier molecular flexibility index (Phi) is 4.76. The van der Waals surface area contributed by atoms with Gasteiger partial charge in [0.15, 0.2) is 0 Å². The molecule has 2 rings (SSSR count). The Hall–Kier alpha value is -2.13. The second-order valence-electron chi connectivity index (χ2n) is 5.48. The normalized spacial score (nSPS) is 10.5. The summed E-state index contributed by atoms with van der Waals surface area (Å²) in [6, 6.07) is 13.9. The Morgan fingerprint density at radius 3 is 2.19 bits per heavy atom. The maximum absolute atomic E-state index is 12.4. The highest BCUT2D eigenvalue weighted by atomic mass is 16.2. The fourth-order valence-corrected chi connectivity index (χ4v) is 2.22. The van der Waals surface area contributed by atoms with Crippen molar-refractivity contribution < 1.29 is 4.79 Å². The second kappa shape index (κ2) is 6.55. The maximum Gasteiger partial charge on any atom is 0.253 e. The molecule has 0 unspecified atom stereocenters. The summed E-state index contributed by atoms with van der Waals surface area (Å²) in [6.45, 7) is 5.21. The Balaban J connectivity index is 2.09. The van der Waals surface area contributed by atoms with Gasteiger partial charge in [0, 0.05) is 25.7 Å². The molecule has 2 N–H and O–H groups in total. The van der Waals surface area contributed by atoms with Crippen LogP contribution in [-0.2, 0) is 13.1 Å². The van der Waals surface area contributed by atoms with Crippen molar-refractivity contribution in [3.63, 3.8) is 0 Å². The van der Waals surface area contributed by atoms with Crippen LogP contribution in [0.4, 0.5) is 0 Å². The van der Waals surface area contributed by atoms with E-state index in [-0.39, 0.29) is 5.91 Å². The van der Waals surface area contributed by atoms with Crippen molar-refractivity contribution in [3.8, 4) is 0 Å². The third-order valence-corrected chi connectivity index (χ3v) is 3.78. The molecule has 0 aliphatic carbocycles. The van der Waals surface area contributed by atoms with Crippen LogP contribution in [0.3, 0.4) is 0 Å². The number of hydrogen-bond acceptors (Lipinski definition) is 2. The standard InChI is InChI=1S/C18H22N2O/c1-13-4-9-17(10-14(13)2)18(21)20(3)12-16-7-5-15(11-19)6-8-16/h4-10H,11-12,19H2,1-3H3. The van der Waals surface area contributed by atoms with Gasteiger partial charge in [-0.25, -0.2) is 0 Å². The lowest BCUT2D eigenvalue weighted by Gasteiger charge is -2.18. The maximum atomic E-state index is 12.4. The van der Waals surface area contributed by atoms with E-state index in [9.17, 15) is 4.79 Å². The Morgan fingerprint density at radius 2 is 1.62 bits per heavy atom. The van der Waals surface area contributed by atoms with Crippen LogP contribution in [0.2, 0.25) is 0 Å². The highest BCUT2D eigenvalue weighted by Gasteiger charge is 2.12. The number of rotatable bonds is 4. The third kappa shape index (κ3) is 3.70. The highest BCUT2D eigenvalue weighted by molar-refractivity contribution is 5.94. The van der Waals surface area contributed by atoms with Crippen LogP contribution < -0.4 is 5.73 Å². The van der Waals surface area contributed by atoms with Crippen LogP contribution in [0, 0.1) is 13.8 Å². The molecule has 3 heteroatoms. The molecule has 0 radical (unpaired) electrons. The largest absolute Gasteiger partial charge is 0.337 e. The van der Waals surface area contributed by atoms with Gasteiger partial charge >= 0.3 is 0 Å². The summed E-state index contributed by atoms with van der Waals surface area (Å²) in [5.74, 6) is 0.0426. The molecule has 0 spiro atoms. The van der Waals surface area contributed by atoms with E-state index in [0.29, 0.717) is 13.1 Å². The monoisotopic (exact) mass is 282 g/mol. The summed E-state index contributed by atoms with van der Waals surface area (Å²) in [5, 5.41) is 0. The van der Waals surface area contributed by atoms with Gasteiger partial charge < -0.3 is 10.6 Å². The minimum atomic E-state index is 0.0426. The van der Waals surface area contributed by atoms with Gasteiger partial charge in [-0.2, -0.15) is 0 Å². The van der Waals surface area contributed by atoms with E-state index in [2.05, 4.69) is 0 Å². The average molecular weight is 282 g/mol. The summed E-state index contributed by atoms with van der Waals surface area (Å²) >= 11 is 0. The number of aryl methyl sites for hydroxylation is 2. The minimum absolute atomic E-state index is 0.0426. The van der Waals surface area contributed by atoms with E-state index in [1.54, 1.807) is 4.90 Å². The van der Waals surface area contributed by atoms with Crippen molar-refractivity contribution in [1.82, 2.24) is 4.90 Å². The fourth-order valence-electron chi connectivity index (χ4n) is 2.22. The number of hydrogen-bond donors (Lipinski definition) is 1. The summed E-state index contributed by atoms with van der Waals surface area (Å²) in [7, 11) is 1.83. The van der Waals surface area contributed by atoms with Crippen LogP contribution in [-0.4, -0.2) is 17.9 Å². The lowest BCUT2D eigenvalue weighted by atomic mass is 10.1. The lowest BCUT2D eigenvalue weighted by molar-refractivity contribution is 0.0785. The Labute approximate surface area is 126 Å². The quantitative estimate of drug-likeness (QED) is 0.937. The van der Waals surface area contributed by atoms with Crippen molar-refractivity contribution in [2.24, 2.45) is 5.73 Å². The molecule has 0 saturated carbocycles.